The summed E-state index contributed by atoms with van der Waals surface area (Å²) in [5, 5.41) is 2.60. The quantitative estimate of drug-likeness (QED) is 0.840. The van der Waals surface area contributed by atoms with Gasteiger partial charge in [-0.15, -0.1) is 0 Å². The van der Waals surface area contributed by atoms with Gasteiger partial charge in [0.1, 0.15) is 5.75 Å². The van der Waals surface area contributed by atoms with Gasteiger partial charge in [-0.3, -0.25) is 4.90 Å². The van der Waals surface area contributed by atoms with E-state index in [1.807, 2.05) is 0 Å². The third-order valence-corrected chi connectivity index (χ3v) is 4.89. The largest absolute Gasteiger partial charge is 0.491 e. The number of nitrogens with two attached hydrogens (primary N) is 1. The smallest absolute Gasteiger partial charge is 0.124 e. The average Bonchev–Trinajstić information content (AvgIpc) is 2.62. The Labute approximate surface area is 151 Å². The molecule has 0 saturated carbocycles. The number of benzene rings is 2. The van der Waals surface area contributed by atoms with Crippen molar-refractivity contribution < 1.29 is 4.74 Å². The Morgan fingerprint density at radius 3 is 2.44 bits per heavy atom. The second-order valence-corrected chi connectivity index (χ2v) is 7.19. The van der Waals surface area contributed by atoms with Gasteiger partial charge in [-0.1, -0.05) is 30.3 Å². The number of nitrogens with zero attached hydrogens (tertiary/aromatic N) is 2. The van der Waals surface area contributed by atoms with E-state index < -0.39 is 0 Å². The minimum absolute atomic E-state index is 0.188. The highest BCUT2D eigenvalue weighted by molar-refractivity contribution is 5.87. The lowest BCUT2D eigenvalue weighted by Crippen LogP contribution is -2.46. The van der Waals surface area contributed by atoms with Crippen molar-refractivity contribution in [1.29, 1.82) is 0 Å². The molecule has 0 bridgehead atoms. The Balaban J connectivity index is 1.76. The number of ether oxygens (including phenoxy) is 1. The van der Waals surface area contributed by atoms with Crippen molar-refractivity contribution in [2.45, 2.75) is 32.9 Å². The van der Waals surface area contributed by atoms with E-state index in [0.717, 1.165) is 58.0 Å². The fourth-order valence-electron chi connectivity index (χ4n) is 3.55. The molecule has 4 nitrogen and oxygen atoms in total. The molecule has 0 aliphatic carbocycles. The van der Waals surface area contributed by atoms with Gasteiger partial charge in [-0.2, -0.15) is 0 Å². The van der Waals surface area contributed by atoms with Crippen LogP contribution in [0.2, 0.25) is 0 Å². The molecule has 1 aliphatic rings. The summed E-state index contributed by atoms with van der Waals surface area (Å²) in [4.78, 5) is 5.08. The predicted octanol–water partition coefficient (Wildman–Crippen LogP) is 3.09. The molecule has 25 heavy (non-hydrogen) atoms. The van der Waals surface area contributed by atoms with Gasteiger partial charge >= 0.3 is 0 Å². The van der Waals surface area contributed by atoms with E-state index in [1.54, 1.807) is 0 Å². The van der Waals surface area contributed by atoms with Crippen LogP contribution in [0, 0.1) is 0 Å². The topological polar surface area (TPSA) is 41.7 Å². The van der Waals surface area contributed by atoms with Gasteiger partial charge in [-0.05, 0) is 50.2 Å². The number of piperazine rings is 1. The molecule has 4 heteroatoms. The van der Waals surface area contributed by atoms with Gasteiger partial charge < -0.3 is 15.4 Å². The Bertz CT molecular complexity index is 678. The maximum Gasteiger partial charge on any atom is 0.124 e. The lowest BCUT2D eigenvalue weighted by atomic mass is 10.0. The van der Waals surface area contributed by atoms with E-state index in [0.29, 0.717) is 0 Å². The lowest BCUT2D eigenvalue weighted by molar-refractivity contribution is 0.125. The highest BCUT2D eigenvalue weighted by Gasteiger charge is 2.19. The highest BCUT2D eigenvalue weighted by atomic mass is 16.5. The summed E-state index contributed by atoms with van der Waals surface area (Å²) in [5.41, 5.74) is 6.95. The zero-order chi connectivity index (χ0) is 17.6. The van der Waals surface area contributed by atoms with Crippen molar-refractivity contribution in [1.82, 2.24) is 9.80 Å². The maximum atomic E-state index is 6.12. The zero-order valence-corrected chi connectivity index (χ0v) is 15.6. The first-order chi connectivity index (χ1) is 12.2. The number of hydrogen-bond acceptors (Lipinski definition) is 4. The molecular weight excluding hydrogens is 310 g/mol. The van der Waals surface area contributed by atoms with Crippen molar-refractivity contribution in [3.63, 3.8) is 0 Å². The highest BCUT2D eigenvalue weighted by Crippen LogP contribution is 2.30. The second-order valence-electron chi connectivity index (χ2n) is 7.19. The Morgan fingerprint density at radius 1 is 1.00 bits per heavy atom. The van der Waals surface area contributed by atoms with Gasteiger partial charge in [0.05, 0.1) is 6.10 Å². The van der Waals surface area contributed by atoms with E-state index in [1.165, 1.54) is 16.3 Å². The van der Waals surface area contributed by atoms with Crippen molar-refractivity contribution >= 4 is 10.8 Å². The van der Waals surface area contributed by atoms with Crippen LogP contribution in [0.1, 0.15) is 25.8 Å². The molecule has 3 rings (SSSR count). The maximum absolute atomic E-state index is 6.12. The summed E-state index contributed by atoms with van der Waals surface area (Å²) in [6.07, 6.45) is 1.28. The standard InChI is InChI=1S/C21H31N3O/c1-17(2)25-21-9-8-18-6-3-4-7-19(18)20(21)16-24-14-12-23(13-15-24)11-5-10-22/h3-4,6-9,17H,5,10-16,22H2,1-2H3. The molecule has 2 aromatic carbocycles. The molecule has 0 aromatic heterocycles. The Hall–Kier alpha value is -1.62. The fourth-order valence-corrected chi connectivity index (χ4v) is 3.55. The number of rotatable bonds is 7. The molecule has 1 saturated heterocycles. The van der Waals surface area contributed by atoms with Gasteiger partial charge in [0.2, 0.25) is 0 Å². The van der Waals surface area contributed by atoms with Crippen LogP contribution in [-0.2, 0) is 6.54 Å². The third kappa shape index (κ3) is 4.72. The number of fused-ring (bicyclic) bond motifs is 1. The van der Waals surface area contributed by atoms with E-state index in [2.05, 4.69) is 60.0 Å². The first kappa shape index (κ1) is 18.2. The van der Waals surface area contributed by atoms with E-state index >= 15 is 0 Å². The molecule has 2 aromatic rings. The van der Waals surface area contributed by atoms with Crippen LogP contribution < -0.4 is 10.5 Å². The lowest BCUT2D eigenvalue weighted by Gasteiger charge is -2.35. The van der Waals surface area contributed by atoms with Crippen LogP contribution in [0.5, 0.6) is 5.75 Å². The minimum atomic E-state index is 0.188. The average molecular weight is 341 g/mol. The molecule has 0 atom stereocenters. The van der Waals surface area contributed by atoms with E-state index in [-0.39, 0.29) is 6.10 Å². The van der Waals surface area contributed by atoms with Gasteiger partial charge in [0.25, 0.3) is 0 Å². The van der Waals surface area contributed by atoms with Crippen LogP contribution in [0.15, 0.2) is 36.4 Å². The van der Waals surface area contributed by atoms with Crippen molar-refractivity contribution in [2.75, 3.05) is 39.3 Å². The summed E-state index contributed by atoms with van der Waals surface area (Å²) in [5.74, 6) is 1.03. The van der Waals surface area contributed by atoms with Crippen LogP contribution in [0.25, 0.3) is 10.8 Å². The van der Waals surface area contributed by atoms with E-state index in [4.69, 9.17) is 10.5 Å². The zero-order valence-electron chi connectivity index (χ0n) is 15.6. The second kappa shape index (κ2) is 8.65. The van der Waals surface area contributed by atoms with Gasteiger partial charge in [-0.25, -0.2) is 0 Å². The Morgan fingerprint density at radius 2 is 1.72 bits per heavy atom. The summed E-state index contributed by atoms with van der Waals surface area (Å²) >= 11 is 0. The van der Waals surface area contributed by atoms with Crippen molar-refractivity contribution in [3.8, 4) is 5.75 Å². The molecule has 0 spiro atoms. The summed E-state index contributed by atoms with van der Waals surface area (Å²) in [6.45, 7) is 11.5. The molecule has 2 N–H and O–H groups in total. The molecule has 1 fully saturated rings. The molecule has 0 amide bonds. The van der Waals surface area contributed by atoms with Crippen LogP contribution >= 0.6 is 0 Å². The van der Waals surface area contributed by atoms with E-state index in [9.17, 15) is 0 Å². The summed E-state index contributed by atoms with van der Waals surface area (Å²) < 4.78 is 6.12. The molecule has 0 unspecified atom stereocenters. The summed E-state index contributed by atoms with van der Waals surface area (Å²) in [7, 11) is 0. The molecule has 1 aliphatic heterocycles. The molecule has 1 heterocycles. The fraction of sp³-hybridized carbons (Fsp3) is 0.524. The van der Waals surface area contributed by atoms with Gasteiger partial charge in [0, 0.05) is 38.3 Å². The minimum Gasteiger partial charge on any atom is -0.491 e. The molecular formula is C21H31N3O. The third-order valence-electron chi connectivity index (χ3n) is 4.89. The van der Waals surface area contributed by atoms with Crippen LogP contribution in [0.3, 0.4) is 0 Å². The summed E-state index contributed by atoms with van der Waals surface area (Å²) in [6, 6.07) is 12.9. The SMILES string of the molecule is CC(C)Oc1ccc2ccccc2c1CN1CCN(CCCN)CC1. The first-order valence-corrected chi connectivity index (χ1v) is 9.49. The monoisotopic (exact) mass is 341 g/mol. The predicted molar refractivity (Wildman–Crippen MR) is 105 cm³/mol. The Kier molecular flexibility index (Phi) is 6.29. The van der Waals surface area contributed by atoms with Crippen molar-refractivity contribution in [3.05, 3.63) is 42.0 Å². The van der Waals surface area contributed by atoms with Crippen molar-refractivity contribution in [2.24, 2.45) is 5.73 Å². The van der Waals surface area contributed by atoms with Crippen LogP contribution in [0.4, 0.5) is 0 Å². The number of hydrogen-bond donors (Lipinski definition) is 1. The van der Waals surface area contributed by atoms with Gasteiger partial charge in [0.15, 0.2) is 0 Å². The molecule has 136 valence electrons. The van der Waals surface area contributed by atoms with Crippen LogP contribution in [-0.4, -0.2) is 55.2 Å². The molecule has 0 radical (unpaired) electrons. The normalized spacial score (nSPS) is 16.6. The first-order valence-electron chi connectivity index (χ1n) is 9.49.